The van der Waals surface area contributed by atoms with Gasteiger partial charge in [-0.3, -0.25) is 9.69 Å². The predicted octanol–water partition coefficient (Wildman–Crippen LogP) is 1.82. The molecule has 0 amide bonds. The number of carbonyl (C=O) groups excluding carboxylic acids is 1. The lowest BCUT2D eigenvalue weighted by atomic mass is 10.2. The Morgan fingerprint density at radius 3 is 2.76 bits per heavy atom. The van der Waals surface area contributed by atoms with Crippen LogP contribution >= 0.6 is 11.9 Å². The van der Waals surface area contributed by atoms with Gasteiger partial charge in [-0.2, -0.15) is 0 Å². The molecule has 0 atom stereocenters. The van der Waals surface area contributed by atoms with E-state index in [2.05, 4.69) is 21.6 Å². The van der Waals surface area contributed by atoms with Gasteiger partial charge in [0.25, 0.3) is 0 Å². The Kier molecular flexibility index (Phi) is 6.35. The molecule has 1 aromatic rings. The Morgan fingerprint density at radius 1 is 1.33 bits per heavy atom. The minimum Gasteiger partial charge on any atom is -0.495 e. The Labute approximate surface area is 130 Å². The molecule has 116 valence electrons. The van der Waals surface area contributed by atoms with E-state index in [1.165, 1.54) is 0 Å². The Morgan fingerprint density at radius 2 is 2.10 bits per heavy atom. The van der Waals surface area contributed by atoms with Crippen molar-refractivity contribution in [2.75, 3.05) is 57.4 Å². The fourth-order valence-electron chi connectivity index (χ4n) is 2.25. The number of piperazine rings is 1. The van der Waals surface area contributed by atoms with Crippen molar-refractivity contribution in [1.82, 2.24) is 9.80 Å². The van der Waals surface area contributed by atoms with Crippen LogP contribution in [0.25, 0.3) is 0 Å². The number of anilines is 1. The van der Waals surface area contributed by atoms with Crippen LogP contribution in [0.15, 0.2) is 18.2 Å². The molecular weight excluding hydrogens is 286 g/mol. The highest BCUT2D eigenvalue weighted by atomic mass is 32.2. The zero-order chi connectivity index (χ0) is 15.1. The lowest BCUT2D eigenvalue weighted by molar-refractivity contribution is 0.112. The third-order valence-electron chi connectivity index (χ3n) is 3.65. The van der Waals surface area contributed by atoms with Crippen molar-refractivity contribution in [1.29, 1.82) is 0 Å². The van der Waals surface area contributed by atoms with E-state index in [9.17, 15) is 4.79 Å². The summed E-state index contributed by atoms with van der Waals surface area (Å²) < 4.78 is 8.58. The van der Waals surface area contributed by atoms with Gasteiger partial charge in [0, 0.05) is 44.0 Å². The van der Waals surface area contributed by atoms with Crippen LogP contribution in [0.5, 0.6) is 5.75 Å². The number of carbonyl (C=O) groups is 1. The third kappa shape index (κ3) is 4.91. The molecule has 1 aliphatic rings. The first kappa shape index (κ1) is 16.1. The fraction of sp³-hybridized carbons (Fsp3) is 0.533. The molecule has 1 N–H and O–H groups in total. The van der Waals surface area contributed by atoms with E-state index in [0.717, 1.165) is 56.2 Å². The lowest BCUT2D eigenvalue weighted by Gasteiger charge is -2.32. The summed E-state index contributed by atoms with van der Waals surface area (Å²) in [6.07, 6.45) is 0.847. The van der Waals surface area contributed by atoms with Gasteiger partial charge in [0.2, 0.25) is 0 Å². The van der Waals surface area contributed by atoms with Gasteiger partial charge in [0.15, 0.2) is 0 Å². The summed E-state index contributed by atoms with van der Waals surface area (Å²) in [5.74, 6) is 1.76. The Balaban J connectivity index is 1.76. The highest BCUT2D eigenvalue weighted by Crippen LogP contribution is 2.27. The molecule has 21 heavy (non-hydrogen) atoms. The number of aldehydes is 1. The SMILES string of the molecule is COc1ccc(C=O)cc1NSCCN1CCN(C)CC1. The van der Waals surface area contributed by atoms with Crippen LogP contribution in [0, 0.1) is 0 Å². The average Bonchev–Trinajstić information content (AvgIpc) is 2.53. The molecule has 1 saturated heterocycles. The summed E-state index contributed by atoms with van der Waals surface area (Å²) in [5.41, 5.74) is 1.50. The molecule has 0 aromatic heterocycles. The standard InChI is InChI=1S/C15H23N3O2S/c1-17-5-7-18(8-6-17)9-10-21-16-14-11-13(12-19)3-4-15(14)20-2/h3-4,11-12,16H,5-10H2,1-2H3. The van der Waals surface area contributed by atoms with Crippen LogP contribution in [-0.2, 0) is 0 Å². The number of hydrogen-bond donors (Lipinski definition) is 1. The topological polar surface area (TPSA) is 44.8 Å². The maximum absolute atomic E-state index is 10.8. The van der Waals surface area contributed by atoms with Crippen LogP contribution in [0.1, 0.15) is 10.4 Å². The van der Waals surface area contributed by atoms with Gasteiger partial charge in [-0.25, -0.2) is 0 Å². The number of ether oxygens (including phenoxy) is 1. The maximum Gasteiger partial charge on any atom is 0.150 e. The normalized spacial score (nSPS) is 16.7. The summed E-state index contributed by atoms with van der Waals surface area (Å²) in [6.45, 7) is 5.64. The highest BCUT2D eigenvalue weighted by molar-refractivity contribution is 8.00. The second kappa shape index (κ2) is 8.26. The van der Waals surface area contributed by atoms with Crippen molar-refractivity contribution < 1.29 is 9.53 Å². The number of methoxy groups -OCH3 is 1. The third-order valence-corrected chi connectivity index (χ3v) is 4.40. The van der Waals surface area contributed by atoms with Gasteiger partial charge in [-0.15, -0.1) is 0 Å². The minimum absolute atomic E-state index is 0.651. The first-order chi connectivity index (χ1) is 10.2. The number of hydrogen-bond acceptors (Lipinski definition) is 6. The smallest absolute Gasteiger partial charge is 0.150 e. The Hall–Kier alpha value is -1.24. The molecule has 0 saturated carbocycles. The van der Waals surface area contributed by atoms with Gasteiger partial charge in [0.05, 0.1) is 12.8 Å². The number of benzene rings is 1. The van der Waals surface area contributed by atoms with Gasteiger partial charge >= 0.3 is 0 Å². The van der Waals surface area contributed by atoms with Crippen molar-refractivity contribution in [2.24, 2.45) is 0 Å². The van der Waals surface area contributed by atoms with Crippen LogP contribution in [-0.4, -0.2) is 68.7 Å². The molecular formula is C15H23N3O2S. The number of nitrogens with one attached hydrogen (secondary N) is 1. The van der Waals surface area contributed by atoms with Crippen molar-refractivity contribution in [3.63, 3.8) is 0 Å². The van der Waals surface area contributed by atoms with Crippen molar-refractivity contribution in [2.45, 2.75) is 0 Å². The summed E-state index contributed by atoms with van der Waals surface area (Å²) >= 11 is 1.65. The van der Waals surface area contributed by atoms with Gasteiger partial charge in [-0.1, -0.05) is 11.9 Å². The van der Waals surface area contributed by atoms with E-state index in [1.54, 1.807) is 25.1 Å². The number of nitrogens with zero attached hydrogens (tertiary/aromatic N) is 2. The monoisotopic (exact) mass is 309 g/mol. The summed E-state index contributed by atoms with van der Waals surface area (Å²) in [4.78, 5) is 15.7. The molecule has 0 radical (unpaired) electrons. The van der Waals surface area contributed by atoms with Crippen molar-refractivity contribution >= 4 is 23.9 Å². The van der Waals surface area contributed by atoms with E-state index in [-0.39, 0.29) is 0 Å². The molecule has 0 spiro atoms. The van der Waals surface area contributed by atoms with Crippen LogP contribution in [0.3, 0.4) is 0 Å². The second-order valence-corrected chi connectivity index (χ2v) is 6.07. The first-order valence-electron chi connectivity index (χ1n) is 7.15. The van der Waals surface area contributed by atoms with Crippen LogP contribution in [0.4, 0.5) is 5.69 Å². The molecule has 0 aliphatic carbocycles. The molecule has 5 nitrogen and oxygen atoms in total. The average molecular weight is 309 g/mol. The molecule has 2 rings (SSSR count). The van der Waals surface area contributed by atoms with E-state index in [4.69, 9.17) is 4.74 Å². The molecule has 1 aliphatic heterocycles. The predicted molar refractivity (Wildman–Crippen MR) is 88.4 cm³/mol. The molecule has 1 heterocycles. The van der Waals surface area contributed by atoms with Crippen molar-refractivity contribution in [3.05, 3.63) is 23.8 Å². The highest BCUT2D eigenvalue weighted by Gasteiger charge is 2.13. The van der Waals surface area contributed by atoms with E-state index >= 15 is 0 Å². The van der Waals surface area contributed by atoms with E-state index in [0.29, 0.717) is 5.56 Å². The summed E-state index contributed by atoms with van der Waals surface area (Å²) in [7, 11) is 3.80. The fourth-order valence-corrected chi connectivity index (χ4v) is 3.02. The number of rotatable bonds is 7. The zero-order valence-corrected chi connectivity index (χ0v) is 13.5. The summed E-state index contributed by atoms with van der Waals surface area (Å²) in [6, 6.07) is 5.38. The molecule has 0 unspecified atom stereocenters. The number of likely N-dealkylation sites (N-methyl/N-ethyl adjacent to an activating group) is 1. The first-order valence-corrected chi connectivity index (χ1v) is 8.13. The molecule has 1 aromatic carbocycles. The largest absolute Gasteiger partial charge is 0.495 e. The molecule has 0 bridgehead atoms. The van der Waals surface area contributed by atoms with Gasteiger partial charge in [-0.05, 0) is 25.2 Å². The quantitative estimate of drug-likeness (QED) is 0.471. The Bertz CT molecular complexity index is 462. The van der Waals surface area contributed by atoms with Gasteiger partial charge in [0.1, 0.15) is 12.0 Å². The maximum atomic E-state index is 10.8. The van der Waals surface area contributed by atoms with Gasteiger partial charge < -0.3 is 14.4 Å². The molecule has 1 fully saturated rings. The zero-order valence-electron chi connectivity index (χ0n) is 12.7. The van der Waals surface area contributed by atoms with E-state index in [1.807, 2.05) is 12.1 Å². The van der Waals surface area contributed by atoms with E-state index < -0.39 is 0 Å². The molecule has 6 heteroatoms. The van der Waals surface area contributed by atoms with Crippen molar-refractivity contribution in [3.8, 4) is 5.75 Å². The van der Waals surface area contributed by atoms with Crippen LogP contribution in [0.2, 0.25) is 0 Å². The summed E-state index contributed by atoms with van der Waals surface area (Å²) in [5, 5.41) is 0. The lowest BCUT2D eigenvalue weighted by Crippen LogP contribution is -2.45. The second-order valence-electron chi connectivity index (χ2n) is 5.17. The minimum atomic E-state index is 0.651. The van der Waals surface area contributed by atoms with Crippen LogP contribution < -0.4 is 9.46 Å².